The van der Waals surface area contributed by atoms with Crippen LogP contribution in [0.5, 0.6) is 11.5 Å². The van der Waals surface area contributed by atoms with Gasteiger partial charge in [-0.15, -0.1) is 0 Å². The van der Waals surface area contributed by atoms with E-state index in [2.05, 4.69) is 10.5 Å². The van der Waals surface area contributed by atoms with Gasteiger partial charge in [0.1, 0.15) is 18.1 Å². The summed E-state index contributed by atoms with van der Waals surface area (Å²) in [6, 6.07) is 11.8. The van der Waals surface area contributed by atoms with Gasteiger partial charge >= 0.3 is 0 Å². The summed E-state index contributed by atoms with van der Waals surface area (Å²) in [5, 5.41) is 15.1. The van der Waals surface area contributed by atoms with E-state index in [9.17, 15) is 14.7 Å². The van der Waals surface area contributed by atoms with E-state index in [0.29, 0.717) is 27.8 Å². The molecule has 7 nitrogen and oxygen atoms in total. The number of hydrogen-bond donors (Lipinski definition) is 1. The van der Waals surface area contributed by atoms with Crippen molar-refractivity contribution in [2.75, 3.05) is 13.2 Å². The Morgan fingerprint density at radius 3 is 2.52 bits per heavy atom. The van der Waals surface area contributed by atoms with Gasteiger partial charge in [0.25, 0.3) is 5.91 Å². The van der Waals surface area contributed by atoms with Crippen LogP contribution in [0.3, 0.4) is 0 Å². The number of ether oxygens (including phenoxy) is 2. The van der Waals surface area contributed by atoms with Crippen molar-refractivity contribution in [2.45, 2.75) is 13.8 Å². The number of hydrazone groups is 1. The number of carbonyl (C=O) groups excluding carboxylic acids is 2. The fourth-order valence-electron chi connectivity index (χ4n) is 2.05. The van der Waals surface area contributed by atoms with Crippen LogP contribution < -0.4 is 20.0 Å². The zero-order valence-electron chi connectivity index (χ0n) is 14.8. The van der Waals surface area contributed by atoms with E-state index in [4.69, 9.17) is 21.1 Å². The molecule has 0 radical (unpaired) electrons. The van der Waals surface area contributed by atoms with Gasteiger partial charge in [0.2, 0.25) is 0 Å². The van der Waals surface area contributed by atoms with Gasteiger partial charge < -0.3 is 19.4 Å². The largest absolute Gasteiger partial charge is 0.546 e. The lowest BCUT2D eigenvalue weighted by Crippen LogP contribution is -2.29. The third-order valence-corrected chi connectivity index (χ3v) is 3.88. The second-order valence-electron chi connectivity index (χ2n) is 5.62. The van der Waals surface area contributed by atoms with Gasteiger partial charge in [-0.05, 0) is 49.7 Å². The highest BCUT2D eigenvalue weighted by Gasteiger charge is 2.05. The van der Waals surface area contributed by atoms with Crippen molar-refractivity contribution in [3.63, 3.8) is 0 Å². The average molecular weight is 390 g/mol. The smallest absolute Gasteiger partial charge is 0.277 e. The van der Waals surface area contributed by atoms with E-state index in [1.54, 1.807) is 49.4 Å². The van der Waals surface area contributed by atoms with Crippen LogP contribution in [0, 0.1) is 6.92 Å². The van der Waals surface area contributed by atoms with E-state index in [1.165, 1.54) is 0 Å². The number of halogens is 1. The van der Waals surface area contributed by atoms with Gasteiger partial charge in [-0.1, -0.05) is 23.7 Å². The number of benzene rings is 2. The summed E-state index contributed by atoms with van der Waals surface area (Å²) < 4.78 is 10.4. The molecule has 2 aromatic rings. The molecule has 8 heteroatoms. The minimum absolute atomic E-state index is 0.202. The zero-order valence-corrected chi connectivity index (χ0v) is 15.6. The van der Waals surface area contributed by atoms with Crippen LogP contribution in [0.1, 0.15) is 18.1 Å². The SMILES string of the molecule is C/C(=N/NC(=O)COc1ccc(Cl)c(C)c1)c1cccc(OCC(=O)[O-])c1. The number of carbonyl (C=O) groups is 2. The molecule has 0 atom stereocenters. The summed E-state index contributed by atoms with van der Waals surface area (Å²) in [6.07, 6.45) is 0. The first kappa shape index (κ1) is 20.3. The second kappa shape index (κ2) is 9.59. The van der Waals surface area contributed by atoms with Crippen molar-refractivity contribution in [3.05, 3.63) is 58.6 Å². The van der Waals surface area contributed by atoms with E-state index in [0.717, 1.165) is 5.56 Å². The zero-order chi connectivity index (χ0) is 19.8. The number of hydrogen-bond acceptors (Lipinski definition) is 6. The Balaban J connectivity index is 1.90. The fraction of sp³-hybridized carbons (Fsp3) is 0.211. The number of nitrogens with one attached hydrogen (secondary N) is 1. The molecule has 0 spiro atoms. The first-order chi connectivity index (χ1) is 12.8. The summed E-state index contributed by atoms with van der Waals surface area (Å²) in [7, 11) is 0. The maximum Gasteiger partial charge on any atom is 0.277 e. The predicted octanol–water partition coefficient (Wildman–Crippen LogP) is 1.70. The Morgan fingerprint density at radius 2 is 1.81 bits per heavy atom. The van der Waals surface area contributed by atoms with Crippen LogP contribution in [0.2, 0.25) is 5.02 Å². The number of carboxylic acids is 1. The van der Waals surface area contributed by atoms with Crippen molar-refractivity contribution >= 4 is 29.2 Å². The fourth-order valence-corrected chi connectivity index (χ4v) is 2.17. The van der Waals surface area contributed by atoms with Gasteiger partial charge in [0, 0.05) is 10.6 Å². The summed E-state index contributed by atoms with van der Waals surface area (Å²) in [4.78, 5) is 22.3. The van der Waals surface area contributed by atoms with Crippen LogP contribution in [0.25, 0.3) is 0 Å². The maximum atomic E-state index is 11.9. The third-order valence-electron chi connectivity index (χ3n) is 3.46. The highest BCUT2D eigenvalue weighted by Crippen LogP contribution is 2.20. The van der Waals surface area contributed by atoms with Crippen LogP contribution in [-0.2, 0) is 9.59 Å². The molecule has 0 unspecified atom stereocenters. The number of aliphatic carboxylic acids is 1. The first-order valence-electron chi connectivity index (χ1n) is 8.00. The molecule has 0 aliphatic carbocycles. The van der Waals surface area contributed by atoms with Crippen molar-refractivity contribution in [1.82, 2.24) is 5.43 Å². The number of nitrogens with zero attached hydrogens (tertiary/aromatic N) is 1. The van der Waals surface area contributed by atoms with Crippen LogP contribution in [-0.4, -0.2) is 30.8 Å². The molecular weight excluding hydrogens is 372 g/mol. The number of aryl methyl sites for hydroxylation is 1. The second-order valence-corrected chi connectivity index (χ2v) is 6.03. The van der Waals surface area contributed by atoms with Gasteiger partial charge in [0.05, 0.1) is 11.7 Å². The third kappa shape index (κ3) is 6.63. The molecular formula is C19H18ClN2O5-. The van der Waals surface area contributed by atoms with Crippen LogP contribution >= 0.6 is 11.6 Å². The molecule has 0 saturated heterocycles. The number of rotatable bonds is 8. The lowest BCUT2D eigenvalue weighted by atomic mass is 10.1. The van der Waals surface area contributed by atoms with E-state index < -0.39 is 18.5 Å². The quantitative estimate of drug-likeness (QED) is 0.547. The lowest BCUT2D eigenvalue weighted by molar-refractivity contribution is -0.307. The maximum absolute atomic E-state index is 11.9. The number of amides is 1. The van der Waals surface area contributed by atoms with Crippen LogP contribution in [0.15, 0.2) is 47.6 Å². The van der Waals surface area contributed by atoms with E-state index >= 15 is 0 Å². The van der Waals surface area contributed by atoms with Gasteiger partial charge in [-0.25, -0.2) is 5.43 Å². The summed E-state index contributed by atoms with van der Waals surface area (Å²) in [5.74, 6) is -0.843. The minimum atomic E-state index is -1.31. The summed E-state index contributed by atoms with van der Waals surface area (Å²) >= 11 is 5.94. The highest BCUT2D eigenvalue weighted by atomic mass is 35.5. The molecule has 2 rings (SSSR count). The molecule has 27 heavy (non-hydrogen) atoms. The Kier molecular flexibility index (Phi) is 7.19. The average Bonchev–Trinajstić information content (AvgIpc) is 2.65. The molecule has 2 aromatic carbocycles. The molecule has 0 saturated carbocycles. The molecule has 0 heterocycles. The van der Waals surface area contributed by atoms with Crippen molar-refractivity contribution < 1.29 is 24.2 Å². The first-order valence-corrected chi connectivity index (χ1v) is 8.38. The molecule has 0 aromatic heterocycles. The summed E-state index contributed by atoms with van der Waals surface area (Å²) in [6.45, 7) is 2.79. The number of carboxylic acid groups (broad SMARTS) is 1. The minimum Gasteiger partial charge on any atom is -0.546 e. The van der Waals surface area contributed by atoms with Gasteiger partial charge in [-0.2, -0.15) is 5.10 Å². The van der Waals surface area contributed by atoms with Crippen molar-refractivity contribution in [3.8, 4) is 11.5 Å². The molecule has 0 bridgehead atoms. The Hall–Kier alpha value is -3.06. The van der Waals surface area contributed by atoms with Gasteiger partial charge in [0.15, 0.2) is 6.61 Å². The highest BCUT2D eigenvalue weighted by molar-refractivity contribution is 6.31. The van der Waals surface area contributed by atoms with Crippen molar-refractivity contribution in [2.24, 2.45) is 5.10 Å². The normalized spacial score (nSPS) is 11.0. The standard InChI is InChI=1S/C19H19ClN2O5/c1-12-8-16(6-7-17(12)20)26-10-18(23)22-21-13(2)14-4-3-5-15(9-14)27-11-19(24)25/h3-9H,10-11H2,1-2H3,(H,22,23)(H,24,25)/p-1/b21-13-. The molecule has 1 N–H and O–H groups in total. The topological polar surface area (TPSA) is 100 Å². The van der Waals surface area contributed by atoms with E-state index in [-0.39, 0.29) is 6.61 Å². The van der Waals surface area contributed by atoms with Crippen molar-refractivity contribution in [1.29, 1.82) is 0 Å². The molecule has 0 aliphatic rings. The molecule has 0 aliphatic heterocycles. The van der Waals surface area contributed by atoms with E-state index in [1.807, 2.05) is 6.92 Å². The predicted molar refractivity (Wildman–Crippen MR) is 99.0 cm³/mol. The molecule has 1 amide bonds. The summed E-state index contributed by atoms with van der Waals surface area (Å²) in [5.41, 5.74) is 4.44. The molecule has 0 fully saturated rings. The lowest BCUT2D eigenvalue weighted by Gasteiger charge is -2.09. The monoisotopic (exact) mass is 389 g/mol. The van der Waals surface area contributed by atoms with Gasteiger partial charge in [-0.3, -0.25) is 4.79 Å². The Bertz CT molecular complexity index is 867. The van der Waals surface area contributed by atoms with Crippen LogP contribution in [0.4, 0.5) is 0 Å². The molecule has 142 valence electrons. The Morgan fingerprint density at radius 1 is 1.11 bits per heavy atom. The Labute approximate surface area is 161 Å².